The summed E-state index contributed by atoms with van der Waals surface area (Å²) in [6.45, 7) is 0.390. The highest BCUT2D eigenvalue weighted by Crippen LogP contribution is 2.25. The maximum absolute atomic E-state index is 11.0. The van der Waals surface area contributed by atoms with E-state index in [-0.39, 0.29) is 5.75 Å². The number of hydrogen-bond acceptors (Lipinski definition) is 5. The van der Waals surface area contributed by atoms with Gasteiger partial charge in [0.05, 0.1) is 5.75 Å². The maximum Gasteiger partial charge on any atom is 0.149 e. The molecular weight excluding hydrogens is 244 g/mol. The largest absolute Gasteiger partial charge is 0.369 e. The predicted molar refractivity (Wildman–Crippen MR) is 67.8 cm³/mol. The average Bonchev–Trinajstić information content (AvgIpc) is 2.64. The molecule has 16 heavy (non-hydrogen) atoms. The zero-order valence-electron chi connectivity index (χ0n) is 8.80. The minimum atomic E-state index is -2.92. The zero-order chi connectivity index (χ0) is 11.6. The Morgan fingerprint density at radius 2 is 2.25 bits per heavy atom. The summed E-state index contributed by atoms with van der Waals surface area (Å²) in [5.74, 6) is 0.872. The molecule has 0 fully saturated rings. The highest BCUT2D eigenvalue weighted by molar-refractivity contribution is 7.90. The Bertz CT molecular complexity index is 590. The summed E-state index contributed by atoms with van der Waals surface area (Å²) in [6, 6.07) is 3.93. The second-order valence-corrected chi connectivity index (χ2v) is 6.76. The molecule has 0 radical (unpaired) electrons. The quantitative estimate of drug-likeness (QED) is 0.905. The molecule has 6 heteroatoms. The van der Waals surface area contributed by atoms with E-state index in [2.05, 4.69) is 10.3 Å². The van der Waals surface area contributed by atoms with Gasteiger partial charge in [-0.05, 0) is 17.5 Å². The van der Waals surface area contributed by atoms with E-state index >= 15 is 0 Å². The first-order chi connectivity index (χ1) is 7.56. The van der Waals surface area contributed by atoms with E-state index in [4.69, 9.17) is 0 Å². The summed E-state index contributed by atoms with van der Waals surface area (Å²) < 4.78 is 23.1. The molecule has 0 aliphatic heterocycles. The molecule has 86 valence electrons. The topological polar surface area (TPSA) is 59.1 Å². The van der Waals surface area contributed by atoms with Gasteiger partial charge in [0, 0.05) is 29.1 Å². The molecular formula is C10H12N2O2S2. The van der Waals surface area contributed by atoms with Crippen molar-refractivity contribution in [2.45, 2.75) is 0 Å². The Labute approximate surface area is 98.2 Å². The molecule has 0 bridgehead atoms. The number of thiophene rings is 1. The Balaban J connectivity index is 2.12. The van der Waals surface area contributed by atoms with Gasteiger partial charge in [0.15, 0.2) is 0 Å². The summed E-state index contributed by atoms with van der Waals surface area (Å²) in [5, 5.41) is 6.08. The van der Waals surface area contributed by atoms with Crippen molar-refractivity contribution in [3.05, 3.63) is 23.7 Å². The fraction of sp³-hybridized carbons (Fsp3) is 0.300. The third-order valence-electron chi connectivity index (χ3n) is 2.15. The molecule has 0 unspecified atom stereocenters. The Morgan fingerprint density at radius 3 is 3.00 bits per heavy atom. The lowest BCUT2D eigenvalue weighted by Gasteiger charge is -2.05. The SMILES string of the molecule is CS(=O)(=O)CCNc1nccc2sccc12. The van der Waals surface area contributed by atoms with Crippen molar-refractivity contribution in [1.29, 1.82) is 0 Å². The number of fused-ring (bicyclic) bond motifs is 1. The van der Waals surface area contributed by atoms with Crippen molar-refractivity contribution >= 4 is 37.1 Å². The Hall–Kier alpha value is -1.14. The van der Waals surface area contributed by atoms with Crippen molar-refractivity contribution in [3.8, 4) is 0 Å². The molecule has 2 heterocycles. The number of anilines is 1. The van der Waals surface area contributed by atoms with E-state index in [0.717, 1.165) is 15.9 Å². The van der Waals surface area contributed by atoms with Crippen LogP contribution in [0.1, 0.15) is 0 Å². The van der Waals surface area contributed by atoms with E-state index in [0.29, 0.717) is 6.54 Å². The Kier molecular flexibility index (Phi) is 3.11. The minimum Gasteiger partial charge on any atom is -0.369 e. The minimum absolute atomic E-state index is 0.120. The van der Waals surface area contributed by atoms with Crippen LogP contribution in [0.25, 0.3) is 10.1 Å². The molecule has 0 aliphatic rings. The summed E-state index contributed by atoms with van der Waals surface area (Å²) >= 11 is 1.64. The lowest BCUT2D eigenvalue weighted by atomic mass is 10.3. The number of pyridine rings is 1. The first kappa shape index (κ1) is 11.3. The molecule has 0 aromatic carbocycles. The van der Waals surface area contributed by atoms with E-state index in [1.165, 1.54) is 6.26 Å². The Morgan fingerprint density at radius 1 is 1.44 bits per heavy atom. The van der Waals surface area contributed by atoms with Crippen LogP contribution in [0.2, 0.25) is 0 Å². The first-order valence-corrected chi connectivity index (χ1v) is 7.74. The standard InChI is InChI=1S/C10H12N2O2S2/c1-16(13,14)7-5-12-10-8-3-6-15-9(8)2-4-11-10/h2-4,6H,5,7H2,1H3,(H,11,12). The average molecular weight is 256 g/mol. The molecule has 2 aromatic heterocycles. The smallest absolute Gasteiger partial charge is 0.149 e. The van der Waals surface area contributed by atoms with Crippen LogP contribution >= 0.6 is 11.3 Å². The third kappa shape index (κ3) is 2.70. The molecule has 0 saturated carbocycles. The van der Waals surface area contributed by atoms with Crippen molar-refractivity contribution in [1.82, 2.24) is 4.98 Å². The van der Waals surface area contributed by atoms with Gasteiger partial charge in [-0.15, -0.1) is 11.3 Å². The zero-order valence-corrected chi connectivity index (χ0v) is 10.4. The van der Waals surface area contributed by atoms with Crippen molar-refractivity contribution in [3.63, 3.8) is 0 Å². The van der Waals surface area contributed by atoms with Crippen LogP contribution < -0.4 is 5.32 Å². The molecule has 2 aromatic rings. The number of aromatic nitrogens is 1. The monoisotopic (exact) mass is 256 g/mol. The molecule has 0 spiro atoms. The van der Waals surface area contributed by atoms with Gasteiger partial charge in [-0.1, -0.05) is 0 Å². The molecule has 0 atom stereocenters. The number of nitrogens with one attached hydrogen (secondary N) is 1. The summed E-state index contributed by atoms with van der Waals surface area (Å²) in [7, 11) is -2.92. The van der Waals surface area contributed by atoms with Crippen molar-refractivity contribution in [2.75, 3.05) is 23.9 Å². The van der Waals surface area contributed by atoms with Gasteiger partial charge in [-0.25, -0.2) is 13.4 Å². The van der Waals surface area contributed by atoms with Gasteiger partial charge in [0.25, 0.3) is 0 Å². The lowest BCUT2D eigenvalue weighted by Crippen LogP contribution is -2.14. The van der Waals surface area contributed by atoms with Crippen LogP contribution in [0.3, 0.4) is 0 Å². The van der Waals surface area contributed by atoms with Gasteiger partial charge < -0.3 is 5.32 Å². The van der Waals surface area contributed by atoms with Crippen molar-refractivity contribution < 1.29 is 8.42 Å². The fourth-order valence-electron chi connectivity index (χ4n) is 1.39. The molecule has 2 rings (SSSR count). The van der Waals surface area contributed by atoms with Gasteiger partial charge in [-0.2, -0.15) is 0 Å². The molecule has 0 aliphatic carbocycles. The van der Waals surface area contributed by atoms with Crippen LogP contribution in [0.5, 0.6) is 0 Å². The van der Waals surface area contributed by atoms with Crippen LogP contribution in [-0.4, -0.2) is 32.0 Å². The van der Waals surface area contributed by atoms with Crippen molar-refractivity contribution in [2.24, 2.45) is 0 Å². The molecule has 0 saturated heterocycles. The summed E-state index contributed by atoms with van der Waals surface area (Å²) in [5.41, 5.74) is 0. The number of sulfone groups is 1. The van der Waals surface area contributed by atoms with Crippen LogP contribution in [0.4, 0.5) is 5.82 Å². The van der Waals surface area contributed by atoms with Gasteiger partial charge in [-0.3, -0.25) is 0 Å². The maximum atomic E-state index is 11.0. The molecule has 1 N–H and O–H groups in total. The number of hydrogen-bond donors (Lipinski definition) is 1. The van der Waals surface area contributed by atoms with E-state index < -0.39 is 9.84 Å². The second kappa shape index (κ2) is 4.39. The summed E-state index contributed by atoms with van der Waals surface area (Å²) in [6.07, 6.45) is 2.95. The highest BCUT2D eigenvalue weighted by Gasteiger charge is 2.05. The van der Waals surface area contributed by atoms with Gasteiger partial charge in [0.2, 0.25) is 0 Å². The van der Waals surface area contributed by atoms with E-state index in [1.807, 2.05) is 17.5 Å². The van der Waals surface area contributed by atoms with E-state index in [9.17, 15) is 8.42 Å². The molecule has 0 amide bonds. The third-order valence-corrected chi connectivity index (χ3v) is 3.97. The van der Waals surface area contributed by atoms with E-state index in [1.54, 1.807) is 17.5 Å². The van der Waals surface area contributed by atoms with Gasteiger partial charge in [0.1, 0.15) is 15.7 Å². The first-order valence-electron chi connectivity index (χ1n) is 4.80. The number of nitrogens with zero attached hydrogens (tertiary/aromatic N) is 1. The highest BCUT2D eigenvalue weighted by atomic mass is 32.2. The number of rotatable bonds is 4. The second-order valence-electron chi connectivity index (χ2n) is 3.55. The van der Waals surface area contributed by atoms with Crippen LogP contribution in [0.15, 0.2) is 23.7 Å². The normalized spacial score (nSPS) is 11.8. The molecule has 4 nitrogen and oxygen atoms in total. The fourth-order valence-corrected chi connectivity index (χ4v) is 2.65. The summed E-state index contributed by atoms with van der Waals surface area (Å²) in [4.78, 5) is 4.20. The predicted octanol–water partition coefficient (Wildman–Crippen LogP) is 1.75. The van der Waals surface area contributed by atoms with Gasteiger partial charge >= 0.3 is 0 Å². The van der Waals surface area contributed by atoms with Crippen LogP contribution in [0, 0.1) is 0 Å². The van der Waals surface area contributed by atoms with Crippen LogP contribution in [-0.2, 0) is 9.84 Å². The lowest BCUT2D eigenvalue weighted by molar-refractivity contribution is 0.602.